The van der Waals surface area contributed by atoms with Crippen LogP contribution in [0.2, 0.25) is 5.02 Å². The van der Waals surface area contributed by atoms with Crippen LogP contribution in [0.4, 0.5) is 18.9 Å². The molecule has 3 aromatic carbocycles. The number of thiophene rings is 1. The number of hydrogen-bond donors (Lipinski definition) is 2. The zero-order valence-corrected chi connectivity index (χ0v) is 22.8. The lowest BCUT2D eigenvalue weighted by atomic mass is 10.1. The maximum absolute atomic E-state index is 13.1. The van der Waals surface area contributed by atoms with Crippen LogP contribution in [0.25, 0.3) is 0 Å². The van der Waals surface area contributed by atoms with Gasteiger partial charge in [0.25, 0.3) is 15.9 Å². The van der Waals surface area contributed by atoms with E-state index in [1.54, 1.807) is 0 Å². The standard InChI is InChI=1S/C27H22ClF3N2O4S2/c1-17-15-24(38-26(17)39(35,36)33-23-16-19(27(29,30)31)9-12-22(23)28)25(34)32-14-13-18-7-10-21(11-8-18)37-20-5-3-2-4-6-20/h2-12,15-16,33H,13-14H2,1H3,(H,32,34). The highest BCUT2D eigenvalue weighted by atomic mass is 35.5. The van der Waals surface area contributed by atoms with Crippen molar-refractivity contribution in [2.45, 2.75) is 23.7 Å². The molecule has 0 unspecified atom stereocenters. The fraction of sp³-hybridized carbons (Fsp3) is 0.148. The van der Waals surface area contributed by atoms with Crippen molar-refractivity contribution < 1.29 is 31.1 Å². The molecular formula is C27H22ClF3N2O4S2. The van der Waals surface area contributed by atoms with Gasteiger partial charge in [0.1, 0.15) is 15.7 Å². The number of carbonyl (C=O) groups excluding carboxylic acids is 1. The van der Waals surface area contributed by atoms with Crippen molar-refractivity contribution in [2.24, 2.45) is 0 Å². The summed E-state index contributed by atoms with van der Waals surface area (Å²) in [6.07, 6.45) is -4.14. The van der Waals surface area contributed by atoms with Gasteiger partial charge in [0.05, 0.1) is 21.2 Å². The summed E-state index contributed by atoms with van der Waals surface area (Å²) in [6, 6.07) is 20.5. The quantitative estimate of drug-likeness (QED) is 0.213. The molecule has 0 aliphatic rings. The molecule has 0 fully saturated rings. The lowest BCUT2D eigenvalue weighted by molar-refractivity contribution is -0.137. The number of aryl methyl sites for hydroxylation is 1. The van der Waals surface area contributed by atoms with E-state index in [2.05, 4.69) is 10.0 Å². The molecule has 0 atom stereocenters. The second kappa shape index (κ2) is 11.7. The Morgan fingerprint density at radius 3 is 2.31 bits per heavy atom. The van der Waals surface area contributed by atoms with E-state index < -0.39 is 33.4 Å². The maximum atomic E-state index is 13.1. The minimum atomic E-state index is -4.67. The van der Waals surface area contributed by atoms with Gasteiger partial charge in [-0.1, -0.05) is 41.9 Å². The molecule has 0 saturated heterocycles. The highest BCUT2D eigenvalue weighted by Crippen LogP contribution is 2.36. The molecule has 1 heterocycles. The molecule has 0 aliphatic heterocycles. The number of alkyl halides is 3. The number of para-hydroxylation sites is 1. The Morgan fingerprint density at radius 2 is 1.64 bits per heavy atom. The van der Waals surface area contributed by atoms with E-state index in [4.69, 9.17) is 16.3 Å². The number of rotatable bonds is 9. The minimum Gasteiger partial charge on any atom is -0.457 e. The van der Waals surface area contributed by atoms with Crippen LogP contribution in [0.5, 0.6) is 11.5 Å². The van der Waals surface area contributed by atoms with Gasteiger partial charge in [0.2, 0.25) is 0 Å². The maximum Gasteiger partial charge on any atom is 0.416 e. The number of nitrogens with one attached hydrogen (secondary N) is 2. The fourth-order valence-electron chi connectivity index (χ4n) is 3.57. The molecule has 12 heteroatoms. The fourth-order valence-corrected chi connectivity index (χ4v) is 6.48. The Kier molecular flexibility index (Phi) is 8.53. The van der Waals surface area contributed by atoms with E-state index >= 15 is 0 Å². The molecule has 6 nitrogen and oxygen atoms in total. The number of carbonyl (C=O) groups is 1. The summed E-state index contributed by atoms with van der Waals surface area (Å²) in [7, 11) is -4.31. The Morgan fingerprint density at radius 1 is 0.974 bits per heavy atom. The van der Waals surface area contributed by atoms with Crippen LogP contribution < -0.4 is 14.8 Å². The number of benzene rings is 3. The average molecular weight is 595 g/mol. The van der Waals surface area contributed by atoms with Crippen LogP contribution >= 0.6 is 22.9 Å². The van der Waals surface area contributed by atoms with Gasteiger partial charge in [-0.2, -0.15) is 13.2 Å². The van der Waals surface area contributed by atoms with Gasteiger partial charge in [-0.05, 0) is 73.0 Å². The lowest BCUT2D eigenvalue weighted by Gasteiger charge is -2.12. The van der Waals surface area contributed by atoms with E-state index in [9.17, 15) is 26.4 Å². The van der Waals surface area contributed by atoms with Crippen LogP contribution in [0.1, 0.15) is 26.4 Å². The van der Waals surface area contributed by atoms with E-state index in [1.165, 1.54) is 13.0 Å². The Bertz CT molecular complexity index is 1570. The molecule has 0 aliphatic carbocycles. The number of ether oxygens (including phenoxy) is 1. The summed E-state index contributed by atoms with van der Waals surface area (Å²) in [4.78, 5) is 12.8. The van der Waals surface area contributed by atoms with Crippen LogP contribution in [0.3, 0.4) is 0 Å². The first-order valence-corrected chi connectivity index (χ1v) is 14.2. The molecule has 1 amide bonds. The largest absolute Gasteiger partial charge is 0.457 e. The van der Waals surface area contributed by atoms with Crippen molar-refractivity contribution in [3.63, 3.8) is 0 Å². The molecule has 2 N–H and O–H groups in total. The first kappa shape index (κ1) is 28.5. The summed E-state index contributed by atoms with van der Waals surface area (Å²) < 4.78 is 72.7. The van der Waals surface area contributed by atoms with Gasteiger partial charge in [0, 0.05) is 6.54 Å². The lowest BCUT2D eigenvalue weighted by Crippen LogP contribution is -2.24. The highest BCUT2D eigenvalue weighted by Gasteiger charge is 2.32. The van der Waals surface area contributed by atoms with Gasteiger partial charge >= 0.3 is 6.18 Å². The molecule has 4 rings (SSSR count). The molecule has 39 heavy (non-hydrogen) atoms. The highest BCUT2D eigenvalue weighted by molar-refractivity contribution is 7.94. The third kappa shape index (κ3) is 7.31. The summed E-state index contributed by atoms with van der Waals surface area (Å²) in [5.41, 5.74) is -0.227. The molecule has 1 aromatic heterocycles. The normalized spacial score (nSPS) is 11.7. The second-order valence-electron chi connectivity index (χ2n) is 8.44. The van der Waals surface area contributed by atoms with Crippen molar-refractivity contribution in [1.82, 2.24) is 5.32 Å². The van der Waals surface area contributed by atoms with Gasteiger partial charge < -0.3 is 10.1 Å². The average Bonchev–Trinajstić information content (AvgIpc) is 3.29. The van der Waals surface area contributed by atoms with Crippen LogP contribution in [-0.4, -0.2) is 20.9 Å². The first-order chi connectivity index (χ1) is 18.4. The SMILES string of the molecule is Cc1cc(C(=O)NCCc2ccc(Oc3ccccc3)cc2)sc1S(=O)(=O)Nc1cc(C(F)(F)F)ccc1Cl. The second-order valence-corrected chi connectivity index (χ2v) is 11.8. The predicted molar refractivity (Wildman–Crippen MR) is 145 cm³/mol. The van der Waals surface area contributed by atoms with Crippen molar-refractivity contribution in [3.8, 4) is 11.5 Å². The van der Waals surface area contributed by atoms with Crippen LogP contribution in [0.15, 0.2) is 83.1 Å². The Balaban J connectivity index is 1.37. The van der Waals surface area contributed by atoms with Gasteiger partial charge in [-0.3, -0.25) is 9.52 Å². The van der Waals surface area contributed by atoms with Gasteiger partial charge in [0.15, 0.2) is 0 Å². The third-order valence-corrected chi connectivity index (χ3v) is 9.05. The number of hydrogen-bond acceptors (Lipinski definition) is 5. The topological polar surface area (TPSA) is 84.5 Å². The van der Waals surface area contributed by atoms with Crippen LogP contribution in [-0.2, 0) is 22.6 Å². The van der Waals surface area contributed by atoms with Crippen molar-refractivity contribution in [2.75, 3.05) is 11.3 Å². The molecule has 0 spiro atoms. The van der Waals surface area contributed by atoms with Crippen molar-refractivity contribution >= 4 is 44.6 Å². The van der Waals surface area contributed by atoms with Crippen molar-refractivity contribution in [3.05, 3.63) is 105 Å². The molecular weight excluding hydrogens is 573 g/mol. The summed E-state index contributed by atoms with van der Waals surface area (Å²) in [5, 5.41) is 2.56. The number of halogens is 4. The monoisotopic (exact) mass is 594 g/mol. The Hall–Kier alpha value is -3.54. The first-order valence-electron chi connectivity index (χ1n) is 11.5. The number of sulfonamides is 1. The Labute approximate surface area is 232 Å². The van der Waals surface area contributed by atoms with E-state index in [0.29, 0.717) is 36.1 Å². The third-order valence-electron chi connectivity index (χ3n) is 5.48. The zero-order chi connectivity index (χ0) is 28.2. The van der Waals surface area contributed by atoms with E-state index in [-0.39, 0.29) is 19.7 Å². The smallest absolute Gasteiger partial charge is 0.416 e. The number of anilines is 1. The molecule has 4 aromatic rings. The summed E-state index contributed by atoms with van der Waals surface area (Å²) in [5.74, 6) is 0.931. The predicted octanol–water partition coefficient (Wildman–Crippen LogP) is 7.29. The minimum absolute atomic E-state index is 0.148. The van der Waals surface area contributed by atoms with Crippen LogP contribution in [0, 0.1) is 6.92 Å². The molecule has 204 valence electrons. The summed E-state index contributed by atoms with van der Waals surface area (Å²) in [6.45, 7) is 1.80. The molecule has 0 saturated carbocycles. The molecule has 0 radical (unpaired) electrons. The van der Waals surface area contributed by atoms with E-state index in [0.717, 1.165) is 23.4 Å². The van der Waals surface area contributed by atoms with Gasteiger partial charge in [-0.25, -0.2) is 8.42 Å². The van der Waals surface area contributed by atoms with Gasteiger partial charge in [-0.15, -0.1) is 11.3 Å². The van der Waals surface area contributed by atoms with Crippen molar-refractivity contribution in [1.29, 1.82) is 0 Å². The zero-order valence-electron chi connectivity index (χ0n) is 20.4. The summed E-state index contributed by atoms with van der Waals surface area (Å²) >= 11 is 6.64. The molecule has 0 bridgehead atoms. The number of amides is 1. The van der Waals surface area contributed by atoms with E-state index in [1.807, 2.05) is 54.6 Å².